The van der Waals surface area contributed by atoms with Crippen LogP contribution in [0.25, 0.3) is 0 Å². The highest BCUT2D eigenvalue weighted by Gasteiger charge is 2.06. The summed E-state index contributed by atoms with van der Waals surface area (Å²) in [4.78, 5) is 0. The van der Waals surface area contributed by atoms with E-state index in [1.165, 1.54) is 0 Å². The van der Waals surface area contributed by atoms with E-state index in [4.69, 9.17) is 16.3 Å². The minimum absolute atomic E-state index is 0.144. The first-order valence-corrected chi connectivity index (χ1v) is 6.31. The quantitative estimate of drug-likeness (QED) is 0.895. The summed E-state index contributed by atoms with van der Waals surface area (Å²) in [5.41, 5.74) is 2.53. The molecule has 2 rings (SSSR count). The molecule has 0 spiro atoms. The standard InChI is InChI=1S/C15H15ClFNO/c1-10-8-12(19-2)6-7-14(10)18-9-11-4-3-5-13(16)15(11)17/h3-8,18H,9H2,1-2H3. The number of anilines is 1. The van der Waals surface area contributed by atoms with Crippen LogP contribution in [0.4, 0.5) is 10.1 Å². The fourth-order valence-electron chi connectivity index (χ4n) is 1.84. The van der Waals surface area contributed by atoms with Gasteiger partial charge in [0.05, 0.1) is 12.1 Å². The number of aryl methyl sites for hydroxylation is 1. The molecule has 0 heterocycles. The van der Waals surface area contributed by atoms with Crippen molar-refractivity contribution < 1.29 is 9.13 Å². The summed E-state index contributed by atoms with van der Waals surface area (Å²) >= 11 is 5.75. The molecule has 0 saturated carbocycles. The zero-order valence-corrected chi connectivity index (χ0v) is 11.6. The normalized spacial score (nSPS) is 10.3. The zero-order valence-electron chi connectivity index (χ0n) is 10.8. The van der Waals surface area contributed by atoms with Gasteiger partial charge in [-0.2, -0.15) is 0 Å². The number of halogens is 2. The smallest absolute Gasteiger partial charge is 0.146 e. The third kappa shape index (κ3) is 3.18. The van der Waals surface area contributed by atoms with Gasteiger partial charge in [-0.1, -0.05) is 23.7 Å². The Kier molecular flexibility index (Phi) is 4.27. The maximum Gasteiger partial charge on any atom is 0.146 e. The van der Waals surface area contributed by atoms with E-state index in [-0.39, 0.29) is 10.8 Å². The van der Waals surface area contributed by atoms with Gasteiger partial charge in [0.25, 0.3) is 0 Å². The van der Waals surface area contributed by atoms with Gasteiger partial charge in [0.2, 0.25) is 0 Å². The molecule has 2 aromatic rings. The topological polar surface area (TPSA) is 21.3 Å². The van der Waals surface area contributed by atoms with Gasteiger partial charge in [-0.05, 0) is 36.8 Å². The van der Waals surface area contributed by atoms with Crippen molar-refractivity contribution in [3.8, 4) is 5.75 Å². The van der Waals surface area contributed by atoms with Crippen molar-refractivity contribution >= 4 is 17.3 Å². The number of rotatable bonds is 4. The molecular formula is C15H15ClFNO. The molecule has 0 atom stereocenters. The fraction of sp³-hybridized carbons (Fsp3) is 0.200. The predicted octanol–water partition coefficient (Wildman–Crippen LogP) is 4.41. The van der Waals surface area contributed by atoms with Crippen LogP contribution in [0.5, 0.6) is 5.75 Å². The number of nitrogens with one attached hydrogen (secondary N) is 1. The molecule has 0 aromatic heterocycles. The van der Waals surface area contributed by atoms with Crippen LogP contribution in [0.3, 0.4) is 0 Å². The van der Waals surface area contributed by atoms with E-state index in [0.29, 0.717) is 12.1 Å². The molecule has 0 fully saturated rings. The summed E-state index contributed by atoms with van der Waals surface area (Å²) in [5.74, 6) is 0.430. The molecule has 2 nitrogen and oxygen atoms in total. The van der Waals surface area contributed by atoms with E-state index in [1.807, 2.05) is 25.1 Å². The molecule has 2 aromatic carbocycles. The van der Waals surface area contributed by atoms with Gasteiger partial charge in [0.15, 0.2) is 0 Å². The monoisotopic (exact) mass is 279 g/mol. The van der Waals surface area contributed by atoms with Crippen LogP contribution >= 0.6 is 11.6 Å². The summed E-state index contributed by atoms with van der Waals surface area (Å²) in [5, 5.41) is 3.34. The Bertz CT molecular complexity index is 586. The molecule has 0 aliphatic rings. The van der Waals surface area contributed by atoms with Crippen LogP contribution in [-0.4, -0.2) is 7.11 Å². The van der Waals surface area contributed by atoms with Crippen LogP contribution in [0, 0.1) is 12.7 Å². The third-order valence-corrected chi connectivity index (χ3v) is 3.23. The molecule has 0 unspecified atom stereocenters. The van der Waals surface area contributed by atoms with Gasteiger partial charge in [-0.15, -0.1) is 0 Å². The molecule has 1 N–H and O–H groups in total. The van der Waals surface area contributed by atoms with E-state index in [1.54, 1.807) is 25.3 Å². The Morgan fingerprint density at radius 1 is 1.26 bits per heavy atom. The van der Waals surface area contributed by atoms with Crippen LogP contribution < -0.4 is 10.1 Å². The van der Waals surface area contributed by atoms with E-state index in [2.05, 4.69) is 5.32 Å². The number of hydrogen-bond donors (Lipinski definition) is 1. The second kappa shape index (κ2) is 5.93. The Balaban J connectivity index is 2.12. The van der Waals surface area contributed by atoms with E-state index >= 15 is 0 Å². The highest BCUT2D eigenvalue weighted by atomic mass is 35.5. The van der Waals surface area contributed by atoms with Gasteiger partial charge in [0.1, 0.15) is 11.6 Å². The second-order valence-electron chi connectivity index (χ2n) is 4.25. The van der Waals surface area contributed by atoms with Crippen molar-refractivity contribution in [3.63, 3.8) is 0 Å². The van der Waals surface area contributed by atoms with Crippen LogP contribution in [-0.2, 0) is 6.54 Å². The van der Waals surface area contributed by atoms with Crippen molar-refractivity contribution in [2.75, 3.05) is 12.4 Å². The highest BCUT2D eigenvalue weighted by molar-refractivity contribution is 6.30. The number of ether oxygens (including phenoxy) is 1. The molecule has 19 heavy (non-hydrogen) atoms. The van der Waals surface area contributed by atoms with Crippen molar-refractivity contribution in [1.29, 1.82) is 0 Å². The summed E-state index contributed by atoms with van der Waals surface area (Å²) in [6.45, 7) is 2.36. The molecule has 0 aliphatic carbocycles. The lowest BCUT2D eigenvalue weighted by molar-refractivity contribution is 0.414. The lowest BCUT2D eigenvalue weighted by Crippen LogP contribution is -2.03. The van der Waals surface area contributed by atoms with Crippen LogP contribution in [0.15, 0.2) is 36.4 Å². The Labute approximate surface area is 117 Å². The first-order chi connectivity index (χ1) is 9.11. The van der Waals surface area contributed by atoms with Crippen LogP contribution in [0.1, 0.15) is 11.1 Å². The largest absolute Gasteiger partial charge is 0.497 e. The maximum absolute atomic E-state index is 13.7. The van der Waals surface area contributed by atoms with Crippen molar-refractivity contribution in [1.82, 2.24) is 0 Å². The second-order valence-corrected chi connectivity index (χ2v) is 4.65. The van der Waals surface area contributed by atoms with Crippen molar-refractivity contribution in [2.24, 2.45) is 0 Å². The molecule has 100 valence electrons. The third-order valence-electron chi connectivity index (χ3n) is 2.93. The molecule has 4 heteroatoms. The Hall–Kier alpha value is -1.74. The van der Waals surface area contributed by atoms with Crippen molar-refractivity contribution in [3.05, 3.63) is 58.4 Å². The SMILES string of the molecule is COc1ccc(NCc2cccc(Cl)c2F)c(C)c1. The average molecular weight is 280 g/mol. The molecule has 0 radical (unpaired) electrons. The van der Waals surface area contributed by atoms with E-state index in [0.717, 1.165) is 17.0 Å². The first kappa shape index (κ1) is 13.7. The van der Waals surface area contributed by atoms with E-state index < -0.39 is 0 Å². The molecule has 0 bridgehead atoms. The summed E-state index contributed by atoms with van der Waals surface area (Å²) in [6, 6.07) is 10.7. The fourth-order valence-corrected chi connectivity index (χ4v) is 2.03. The number of hydrogen-bond acceptors (Lipinski definition) is 2. The van der Waals surface area contributed by atoms with Gasteiger partial charge >= 0.3 is 0 Å². The molecule has 0 saturated heterocycles. The van der Waals surface area contributed by atoms with Gasteiger partial charge in [0, 0.05) is 17.8 Å². The van der Waals surface area contributed by atoms with Gasteiger partial charge < -0.3 is 10.1 Å². The van der Waals surface area contributed by atoms with Crippen molar-refractivity contribution in [2.45, 2.75) is 13.5 Å². The van der Waals surface area contributed by atoms with Gasteiger partial charge in [-0.25, -0.2) is 4.39 Å². The zero-order chi connectivity index (χ0) is 13.8. The lowest BCUT2D eigenvalue weighted by atomic mass is 10.1. The average Bonchev–Trinajstić information content (AvgIpc) is 2.41. The number of methoxy groups -OCH3 is 1. The molecular weight excluding hydrogens is 265 g/mol. The van der Waals surface area contributed by atoms with Gasteiger partial charge in [-0.3, -0.25) is 0 Å². The number of benzene rings is 2. The Morgan fingerprint density at radius 2 is 2.05 bits per heavy atom. The van der Waals surface area contributed by atoms with Crippen LogP contribution in [0.2, 0.25) is 5.02 Å². The predicted molar refractivity (Wildman–Crippen MR) is 76.5 cm³/mol. The van der Waals surface area contributed by atoms with E-state index in [9.17, 15) is 4.39 Å². The Morgan fingerprint density at radius 3 is 2.74 bits per heavy atom. The molecule has 0 amide bonds. The highest BCUT2D eigenvalue weighted by Crippen LogP contribution is 2.23. The summed E-state index contributed by atoms with van der Waals surface area (Å²) in [7, 11) is 1.63. The maximum atomic E-state index is 13.7. The minimum atomic E-state index is -0.372. The molecule has 0 aliphatic heterocycles. The summed E-state index contributed by atoms with van der Waals surface area (Å²) < 4.78 is 18.9. The minimum Gasteiger partial charge on any atom is -0.497 e. The first-order valence-electron chi connectivity index (χ1n) is 5.93. The summed E-state index contributed by atoms with van der Waals surface area (Å²) in [6.07, 6.45) is 0. The lowest BCUT2D eigenvalue weighted by Gasteiger charge is -2.11.